The van der Waals surface area contributed by atoms with Crippen LogP contribution in [0.25, 0.3) is 10.8 Å². The monoisotopic (exact) mass is 406 g/mol. The molecular formula is C24H26N2O2S. The molecule has 4 rings (SSSR count). The molecule has 0 N–H and O–H groups in total. The molecule has 0 spiro atoms. The number of nitrogens with zero attached hydrogens (tertiary/aromatic N) is 2. The molecule has 0 aliphatic carbocycles. The topological polar surface area (TPSA) is 32.8 Å². The van der Waals surface area contributed by atoms with Gasteiger partial charge < -0.3 is 14.5 Å². The normalized spacial score (nSPS) is 16.8. The van der Waals surface area contributed by atoms with Crippen molar-refractivity contribution in [3.05, 3.63) is 66.2 Å². The summed E-state index contributed by atoms with van der Waals surface area (Å²) in [5.41, 5.74) is 2.18. The van der Waals surface area contributed by atoms with Crippen molar-refractivity contribution in [2.24, 2.45) is 0 Å². The van der Waals surface area contributed by atoms with E-state index in [9.17, 15) is 4.79 Å². The summed E-state index contributed by atoms with van der Waals surface area (Å²) >= 11 is 1.80. The summed E-state index contributed by atoms with van der Waals surface area (Å²) in [5, 5.41) is 2.48. The third-order valence-electron chi connectivity index (χ3n) is 5.33. The summed E-state index contributed by atoms with van der Waals surface area (Å²) in [6.07, 6.45) is 0.480. The highest BCUT2D eigenvalue weighted by Crippen LogP contribution is 2.48. The third kappa shape index (κ3) is 4.11. The van der Waals surface area contributed by atoms with Gasteiger partial charge in [0.2, 0.25) is 5.91 Å². The number of carbonyl (C=O) groups excluding carboxylic acids is 1. The predicted molar refractivity (Wildman–Crippen MR) is 121 cm³/mol. The summed E-state index contributed by atoms with van der Waals surface area (Å²) in [7, 11) is 5.75. The molecule has 0 aromatic heterocycles. The van der Waals surface area contributed by atoms with Crippen molar-refractivity contribution >= 4 is 34.1 Å². The third-order valence-corrected chi connectivity index (χ3v) is 6.72. The van der Waals surface area contributed by atoms with Crippen molar-refractivity contribution in [1.82, 2.24) is 4.90 Å². The van der Waals surface area contributed by atoms with Crippen molar-refractivity contribution in [2.75, 3.05) is 39.2 Å². The molecule has 1 atom stereocenters. The number of hydrogen-bond acceptors (Lipinski definition) is 4. The van der Waals surface area contributed by atoms with Crippen LogP contribution in [0.1, 0.15) is 17.2 Å². The molecule has 0 saturated heterocycles. The van der Waals surface area contributed by atoms with Gasteiger partial charge in [0, 0.05) is 29.7 Å². The maximum Gasteiger partial charge on any atom is 0.228 e. The van der Waals surface area contributed by atoms with Crippen molar-refractivity contribution in [2.45, 2.75) is 16.6 Å². The molecule has 0 bridgehead atoms. The van der Waals surface area contributed by atoms with E-state index in [0.29, 0.717) is 13.0 Å². The van der Waals surface area contributed by atoms with Gasteiger partial charge in [0.05, 0.1) is 12.8 Å². The fourth-order valence-corrected chi connectivity index (χ4v) is 5.12. The lowest BCUT2D eigenvalue weighted by Gasteiger charge is -2.25. The average molecular weight is 407 g/mol. The zero-order valence-corrected chi connectivity index (χ0v) is 17.9. The maximum absolute atomic E-state index is 13.3. The first-order valence-corrected chi connectivity index (χ1v) is 10.7. The predicted octanol–water partition coefficient (Wildman–Crippen LogP) is 4.98. The number of ether oxygens (including phenoxy) is 1. The zero-order chi connectivity index (χ0) is 20.4. The minimum Gasteiger partial charge on any atom is -0.497 e. The molecule has 1 aliphatic heterocycles. The van der Waals surface area contributed by atoms with Crippen molar-refractivity contribution in [3.63, 3.8) is 0 Å². The molecule has 1 aliphatic rings. The van der Waals surface area contributed by atoms with Gasteiger partial charge in [0.1, 0.15) is 5.75 Å². The van der Waals surface area contributed by atoms with Gasteiger partial charge in [-0.2, -0.15) is 0 Å². The molecule has 4 nitrogen and oxygen atoms in total. The Hall–Kier alpha value is -2.50. The number of anilines is 1. The summed E-state index contributed by atoms with van der Waals surface area (Å²) < 4.78 is 5.30. The highest BCUT2D eigenvalue weighted by atomic mass is 32.2. The van der Waals surface area contributed by atoms with Crippen molar-refractivity contribution in [3.8, 4) is 5.75 Å². The van der Waals surface area contributed by atoms with Gasteiger partial charge in [0.25, 0.3) is 0 Å². The first kappa shape index (κ1) is 19.8. The van der Waals surface area contributed by atoms with E-state index >= 15 is 0 Å². The van der Waals surface area contributed by atoms with Crippen LogP contribution in [0.2, 0.25) is 0 Å². The quantitative estimate of drug-likeness (QED) is 0.598. The fourth-order valence-electron chi connectivity index (χ4n) is 3.70. The number of carbonyl (C=O) groups is 1. The van der Waals surface area contributed by atoms with Gasteiger partial charge in [-0.05, 0) is 48.6 Å². The highest BCUT2D eigenvalue weighted by Gasteiger charge is 2.30. The lowest BCUT2D eigenvalue weighted by atomic mass is 10.1. The molecule has 1 amide bonds. The second-order valence-corrected chi connectivity index (χ2v) is 8.78. The summed E-state index contributed by atoms with van der Waals surface area (Å²) in [6, 6.07) is 20.7. The maximum atomic E-state index is 13.3. The Labute approximate surface area is 176 Å². The summed E-state index contributed by atoms with van der Waals surface area (Å²) in [4.78, 5) is 18.6. The minimum absolute atomic E-state index is 0.0716. The standard InChI is InChI=1S/C24H26N2O2S/c1-25(2)14-15-26-21-13-10-17-6-4-5-7-20(17)24(21)29-22(16-23(26)27)18-8-11-19(28-3)12-9-18/h4-13,22H,14-16H2,1-3H3. The molecule has 0 fully saturated rings. The molecular weight excluding hydrogens is 380 g/mol. The van der Waals surface area contributed by atoms with E-state index in [1.165, 1.54) is 15.7 Å². The molecule has 150 valence electrons. The van der Waals surface area contributed by atoms with Gasteiger partial charge >= 0.3 is 0 Å². The number of likely N-dealkylation sites (N-methyl/N-ethyl adjacent to an activating group) is 1. The number of fused-ring (bicyclic) bond motifs is 3. The molecule has 29 heavy (non-hydrogen) atoms. The number of hydrogen-bond donors (Lipinski definition) is 0. The molecule has 3 aromatic rings. The van der Waals surface area contributed by atoms with E-state index in [1.807, 2.05) is 31.1 Å². The molecule has 1 heterocycles. The van der Waals surface area contributed by atoms with Crippen LogP contribution in [0, 0.1) is 0 Å². The van der Waals surface area contributed by atoms with Gasteiger partial charge in [-0.15, -0.1) is 11.8 Å². The van der Waals surface area contributed by atoms with Gasteiger partial charge in [-0.3, -0.25) is 4.79 Å². The Kier molecular flexibility index (Phi) is 5.79. The summed E-state index contributed by atoms with van der Waals surface area (Å²) in [6.45, 7) is 1.52. The number of benzene rings is 3. The van der Waals surface area contributed by atoms with E-state index in [4.69, 9.17) is 4.74 Å². The molecule has 5 heteroatoms. The van der Waals surface area contributed by atoms with Crippen LogP contribution in [-0.4, -0.2) is 45.1 Å². The van der Waals surface area contributed by atoms with Gasteiger partial charge in [-0.25, -0.2) is 0 Å². The Morgan fingerprint density at radius 3 is 2.55 bits per heavy atom. The smallest absolute Gasteiger partial charge is 0.228 e. The lowest BCUT2D eigenvalue weighted by Crippen LogP contribution is -2.36. The zero-order valence-electron chi connectivity index (χ0n) is 17.1. The van der Waals surface area contributed by atoms with Crippen LogP contribution in [-0.2, 0) is 4.79 Å². The first-order valence-electron chi connectivity index (χ1n) is 9.84. The van der Waals surface area contributed by atoms with E-state index in [-0.39, 0.29) is 11.2 Å². The number of thioether (sulfide) groups is 1. The SMILES string of the molecule is COc1ccc(C2CC(=O)N(CCN(C)C)c3ccc4ccccc4c3S2)cc1. The molecule has 1 unspecified atom stereocenters. The van der Waals surface area contributed by atoms with E-state index < -0.39 is 0 Å². The Morgan fingerprint density at radius 2 is 1.83 bits per heavy atom. The Bertz CT molecular complexity index is 1020. The number of rotatable bonds is 5. The van der Waals surface area contributed by atoms with Gasteiger partial charge in [-0.1, -0.05) is 42.5 Å². The van der Waals surface area contributed by atoms with Crippen LogP contribution < -0.4 is 9.64 Å². The van der Waals surface area contributed by atoms with Crippen LogP contribution in [0.3, 0.4) is 0 Å². The lowest BCUT2D eigenvalue weighted by molar-refractivity contribution is -0.118. The Balaban J connectivity index is 1.79. The van der Waals surface area contributed by atoms with Crippen molar-refractivity contribution in [1.29, 1.82) is 0 Å². The number of amides is 1. The average Bonchev–Trinajstić information content (AvgIpc) is 2.88. The van der Waals surface area contributed by atoms with Crippen LogP contribution in [0.4, 0.5) is 5.69 Å². The number of methoxy groups -OCH3 is 1. The molecule has 0 radical (unpaired) electrons. The second kappa shape index (κ2) is 8.47. The second-order valence-electron chi connectivity index (χ2n) is 7.57. The van der Waals surface area contributed by atoms with E-state index in [0.717, 1.165) is 23.5 Å². The van der Waals surface area contributed by atoms with E-state index in [2.05, 4.69) is 53.4 Å². The molecule has 3 aromatic carbocycles. The minimum atomic E-state index is 0.0716. The molecule has 0 saturated carbocycles. The first-order chi connectivity index (χ1) is 14.1. The Morgan fingerprint density at radius 1 is 1.07 bits per heavy atom. The van der Waals surface area contributed by atoms with Crippen LogP contribution in [0.5, 0.6) is 5.75 Å². The van der Waals surface area contributed by atoms with Crippen LogP contribution >= 0.6 is 11.8 Å². The van der Waals surface area contributed by atoms with Crippen molar-refractivity contribution < 1.29 is 9.53 Å². The van der Waals surface area contributed by atoms with Gasteiger partial charge in [0.15, 0.2) is 0 Å². The summed E-state index contributed by atoms with van der Waals surface area (Å²) in [5.74, 6) is 1.01. The fraction of sp³-hybridized carbons (Fsp3) is 0.292. The van der Waals surface area contributed by atoms with Crippen LogP contribution in [0.15, 0.2) is 65.6 Å². The largest absolute Gasteiger partial charge is 0.497 e. The van der Waals surface area contributed by atoms with E-state index in [1.54, 1.807) is 18.9 Å². The highest BCUT2D eigenvalue weighted by molar-refractivity contribution is 8.00.